The van der Waals surface area contributed by atoms with Gasteiger partial charge in [0.1, 0.15) is 5.52 Å². The molecule has 15 heavy (non-hydrogen) atoms. The summed E-state index contributed by atoms with van der Waals surface area (Å²) in [7, 11) is 1.63. The van der Waals surface area contributed by atoms with Crippen molar-refractivity contribution in [2.75, 3.05) is 13.7 Å². The van der Waals surface area contributed by atoms with Gasteiger partial charge in [-0.1, -0.05) is 23.2 Å². The van der Waals surface area contributed by atoms with E-state index in [1.165, 1.54) is 0 Å². The molecule has 2 rings (SSSR count). The topological polar surface area (TPSA) is 35.3 Å². The van der Waals surface area contributed by atoms with E-state index >= 15 is 0 Å². The van der Waals surface area contributed by atoms with E-state index in [1.807, 2.05) is 0 Å². The Balaban J connectivity index is 2.45. The third-order valence-electron chi connectivity index (χ3n) is 2.01. The van der Waals surface area contributed by atoms with Crippen LogP contribution < -0.4 is 0 Å². The summed E-state index contributed by atoms with van der Waals surface area (Å²) in [6, 6.07) is 3.40. The molecule has 1 aromatic carbocycles. The van der Waals surface area contributed by atoms with Gasteiger partial charge in [-0.05, 0) is 12.1 Å². The second-order valence-corrected chi connectivity index (χ2v) is 3.87. The smallest absolute Gasteiger partial charge is 0.197 e. The average molecular weight is 246 g/mol. The highest BCUT2D eigenvalue weighted by Gasteiger charge is 2.11. The van der Waals surface area contributed by atoms with Crippen molar-refractivity contribution >= 4 is 34.3 Å². The van der Waals surface area contributed by atoms with E-state index in [0.717, 1.165) is 0 Å². The van der Waals surface area contributed by atoms with Gasteiger partial charge in [0.2, 0.25) is 0 Å². The first kappa shape index (κ1) is 10.7. The van der Waals surface area contributed by atoms with Crippen LogP contribution in [-0.4, -0.2) is 18.7 Å². The number of nitrogens with zero attached hydrogens (tertiary/aromatic N) is 1. The second-order valence-electron chi connectivity index (χ2n) is 3.06. The largest absolute Gasteiger partial charge is 0.439 e. The third-order valence-corrected chi connectivity index (χ3v) is 2.61. The van der Waals surface area contributed by atoms with Crippen molar-refractivity contribution in [3.8, 4) is 0 Å². The maximum atomic E-state index is 5.96. The molecule has 0 bridgehead atoms. The van der Waals surface area contributed by atoms with Crippen LogP contribution in [0.25, 0.3) is 11.1 Å². The molecule has 3 nitrogen and oxygen atoms in total. The van der Waals surface area contributed by atoms with Gasteiger partial charge in [0.05, 0.1) is 16.7 Å². The Labute approximate surface area is 96.9 Å². The number of methoxy groups -OCH3 is 1. The Kier molecular flexibility index (Phi) is 3.14. The van der Waals surface area contributed by atoms with Crippen LogP contribution in [0.15, 0.2) is 16.5 Å². The van der Waals surface area contributed by atoms with Crippen molar-refractivity contribution in [1.82, 2.24) is 4.98 Å². The fourth-order valence-electron chi connectivity index (χ4n) is 1.29. The summed E-state index contributed by atoms with van der Waals surface area (Å²) < 4.78 is 10.4. The Hall–Kier alpha value is -0.770. The lowest BCUT2D eigenvalue weighted by molar-refractivity contribution is 0.196. The molecule has 0 radical (unpaired) electrons. The molecule has 0 spiro atoms. The molecule has 0 N–H and O–H groups in total. The second kappa shape index (κ2) is 4.39. The predicted octanol–water partition coefficient (Wildman–Crippen LogP) is 3.32. The van der Waals surface area contributed by atoms with Gasteiger partial charge in [0, 0.05) is 13.5 Å². The van der Waals surface area contributed by atoms with E-state index < -0.39 is 0 Å². The Morgan fingerprint density at radius 2 is 2.07 bits per heavy atom. The van der Waals surface area contributed by atoms with Gasteiger partial charge in [-0.25, -0.2) is 4.98 Å². The normalized spacial score (nSPS) is 11.1. The van der Waals surface area contributed by atoms with Gasteiger partial charge in [-0.15, -0.1) is 0 Å². The molecule has 0 aliphatic carbocycles. The van der Waals surface area contributed by atoms with Gasteiger partial charge in [0.15, 0.2) is 11.5 Å². The molecule has 0 atom stereocenters. The lowest BCUT2D eigenvalue weighted by Crippen LogP contribution is -1.93. The third kappa shape index (κ3) is 2.09. The molecule has 0 amide bonds. The molecule has 0 saturated carbocycles. The standard InChI is InChI=1S/C10H9Cl2NO2/c1-14-5-4-8-13-9-6(11)2-3-7(12)10(9)15-8/h2-3H,4-5H2,1H3. The molecule has 0 fully saturated rings. The minimum absolute atomic E-state index is 0.519. The zero-order valence-electron chi connectivity index (χ0n) is 8.09. The predicted molar refractivity (Wildman–Crippen MR) is 59.6 cm³/mol. The van der Waals surface area contributed by atoms with Crippen molar-refractivity contribution in [3.05, 3.63) is 28.1 Å². The van der Waals surface area contributed by atoms with E-state index in [2.05, 4.69) is 4.98 Å². The van der Waals surface area contributed by atoms with Gasteiger partial charge >= 0.3 is 0 Å². The molecule has 0 aliphatic rings. The van der Waals surface area contributed by atoms with Crippen LogP contribution in [-0.2, 0) is 11.2 Å². The number of halogens is 2. The van der Waals surface area contributed by atoms with E-state index in [0.29, 0.717) is 40.1 Å². The highest BCUT2D eigenvalue weighted by atomic mass is 35.5. The Morgan fingerprint density at radius 1 is 1.33 bits per heavy atom. The molecule has 2 aromatic rings. The van der Waals surface area contributed by atoms with Crippen molar-refractivity contribution in [3.63, 3.8) is 0 Å². The minimum atomic E-state index is 0.519. The van der Waals surface area contributed by atoms with Crippen LogP contribution in [0.1, 0.15) is 5.89 Å². The number of rotatable bonds is 3. The highest BCUT2D eigenvalue weighted by Crippen LogP contribution is 2.30. The monoisotopic (exact) mass is 245 g/mol. The van der Waals surface area contributed by atoms with Gasteiger partial charge in [-0.2, -0.15) is 0 Å². The number of benzene rings is 1. The Bertz CT molecular complexity index is 442. The lowest BCUT2D eigenvalue weighted by atomic mass is 10.3. The van der Waals surface area contributed by atoms with Crippen LogP contribution in [0.3, 0.4) is 0 Å². The van der Waals surface area contributed by atoms with Crippen molar-refractivity contribution in [2.45, 2.75) is 6.42 Å². The van der Waals surface area contributed by atoms with Crippen LogP contribution >= 0.6 is 23.2 Å². The fraction of sp³-hybridized carbons (Fsp3) is 0.300. The Morgan fingerprint density at radius 3 is 2.73 bits per heavy atom. The molecule has 0 saturated heterocycles. The first-order valence-corrected chi connectivity index (χ1v) is 5.20. The fourth-order valence-corrected chi connectivity index (χ4v) is 1.67. The average Bonchev–Trinajstić information content (AvgIpc) is 2.66. The SMILES string of the molecule is COCCc1nc2c(Cl)ccc(Cl)c2o1. The van der Waals surface area contributed by atoms with E-state index in [4.69, 9.17) is 32.4 Å². The molecule has 1 heterocycles. The number of fused-ring (bicyclic) bond motifs is 1. The van der Waals surface area contributed by atoms with Crippen molar-refractivity contribution < 1.29 is 9.15 Å². The van der Waals surface area contributed by atoms with Gasteiger partial charge in [0.25, 0.3) is 0 Å². The van der Waals surface area contributed by atoms with Crippen LogP contribution in [0.5, 0.6) is 0 Å². The lowest BCUT2D eigenvalue weighted by Gasteiger charge is -1.92. The molecule has 0 unspecified atom stereocenters. The van der Waals surface area contributed by atoms with E-state index in [1.54, 1.807) is 19.2 Å². The van der Waals surface area contributed by atoms with Crippen molar-refractivity contribution in [2.24, 2.45) is 0 Å². The molecular formula is C10H9Cl2NO2. The van der Waals surface area contributed by atoms with Crippen molar-refractivity contribution in [1.29, 1.82) is 0 Å². The van der Waals surface area contributed by atoms with E-state index in [9.17, 15) is 0 Å². The first-order valence-electron chi connectivity index (χ1n) is 4.44. The van der Waals surface area contributed by atoms with Crippen LogP contribution in [0, 0.1) is 0 Å². The summed E-state index contributed by atoms with van der Waals surface area (Å²) in [5.41, 5.74) is 1.14. The number of aromatic nitrogens is 1. The first-order chi connectivity index (χ1) is 7.22. The highest BCUT2D eigenvalue weighted by molar-refractivity contribution is 6.39. The summed E-state index contributed by atoms with van der Waals surface area (Å²) in [6.07, 6.45) is 0.609. The number of hydrogen-bond acceptors (Lipinski definition) is 3. The van der Waals surface area contributed by atoms with Crippen LogP contribution in [0.2, 0.25) is 10.0 Å². The number of hydrogen-bond donors (Lipinski definition) is 0. The zero-order chi connectivity index (χ0) is 10.8. The maximum absolute atomic E-state index is 5.96. The number of oxazole rings is 1. The summed E-state index contributed by atoms with van der Waals surface area (Å²) in [6.45, 7) is 0.558. The van der Waals surface area contributed by atoms with Gasteiger partial charge in [-0.3, -0.25) is 0 Å². The molecule has 5 heteroatoms. The van der Waals surface area contributed by atoms with Crippen LogP contribution in [0.4, 0.5) is 0 Å². The summed E-state index contributed by atoms with van der Waals surface area (Å²) in [5, 5.41) is 1.06. The number of ether oxygens (including phenoxy) is 1. The molecule has 0 aliphatic heterocycles. The zero-order valence-corrected chi connectivity index (χ0v) is 9.60. The summed E-state index contributed by atoms with van der Waals surface area (Å²) in [5.74, 6) is 0.585. The minimum Gasteiger partial charge on any atom is -0.439 e. The molecule has 80 valence electrons. The summed E-state index contributed by atoms with van der Waals surface area (Å²) in [4.78, 5) is 4.25. The maximum Gasteiger partial charge on any atom is 0.197 e. The molecular weight excluding hydrogens is 237 g/mol. The summed E-state index contributed by atoms with van der Waals surface area (Å²) >= 11 is 11.9. The molecule has 1 aromatic heterocycles. The van der Waals surface area contributed by atoms with Gasteiger partial charge < -0.3 is 9.15 Å². The van der Waals surface area contributed by atoms with E-state index in [-0.39, 0.29) is 0 Å². The quantitative estimate of drug-likeness (QED) is 0.833.